The molecule has 0 aliphatic carbocycles. The molecule has 0 aliphatic heterocycles. The van der Waals surface area contributed by atoms with Crippen molar-refractivity contribution < 1.29 is 36.6 Å². The molecule has 8 nitrogen and oxygen atoms in total. The first kappa shape index (κ1) is 48.2. The maximum atomic E-state index is 13.1. The van der Waals surface area contributed by atoms with Crippen molar-refractivity contribution >= 4 is 22.0 Å². The lowest BCUT2D eigenvalue weighted by Gasteiger charge is -2.27. The molecule has 0 aromatic carbocycles. The molecule has 0 amide bonds. The molecule has 0 spiro atoms. The highest BCUT2D eigenvalue weighted by atomic mass is 32.3. The number of hydrogen-bond donors (Lipinski definition) is 1. The number of nitrogens with zero attached hydrogens (tertiary/aromatic N) is 1. The molecule has 1 atom stereocenters. The van der Waals surface area contributed by atoms with E-state index in [-0.39, 0.29) is 22.8 Å². The summed E-state index contributed by atoms with van der Waals surface area (Å²) in [5.41, 5.74) is 0. The van der Waals surface area contributed by atoms with Gasteiger partial charge in [0.1, 0.15) is 30.6 Å². The molecule has 0 saturated heterocycles. The van der Waals surface area contributed by atoms with E-state index in [1.54, 1.807) is 7.05 Å². The fourth-order valence-corrected chi connectivity index (χ4v) is 5.89. The third-order valence-electron chi connectivity index (χ3n) is 9.29. The fourth-order valence-electron chi connectivity index (χ4n) is 5.89. The Morgan fingerprint density at radius 1 is 0.574 bits per heavy atom. The van der Waals surface area contributed by atoms with E-state index < -0.39 is 16.3 Å². The summed E-state index contributed by atoms with van der Waals surface area (Å²) in [4.78, 5) is 26.1. The lowest BCUT2D eigenvalue weighted by molar-refractivity contribution is -1.09. The smallest absolute Gasteiger partial charge is 0.217 e. The lowest BCUT2D eigenvalue weighted by Crippen LogP contribution is -2.47. The van der Waals surface area contributed by atoms with Gasteiger partial charge in [0.05, 0.1) is 14.2 Å². The molecule has 1 N–H and O–H groups in total. The Balaban J connectivity index is 0. The Morgan fingerprint density at radius 2 is 0.809 bits per heavy atom. The molecule has 9 heteroatoms. The first-order valence-electron chi connectivity index (χ1n) is 19.6. The largest absolute Gasteiger partial charge is 0.726 e. The molecule has 282 valence electrons. The molecule has 0 aromatic rings. The van der Waals surface area contributed by atoms with Gasteiger partial charge in [0, 0.05) is 12.8 Å². The number of Topliss-reactive ketones (excluding diaryl/α,β-unsaturated/α-hetero) is 2. The van der Waals surface area contributed by atoms with Gasteiger partial charge in [0.25, 0.3) is 0 Å². The first-order valence-corrected chi connectivity index (χ1v) is 20.9. The summed E-state index contributed by atoms with van der Waals surface area (Å²) in [5, 5.41) is 10.6. The van der Waals surface area contributed by atoms with Crippen molar-refractivity contribution in [1.29, 1.82) is 0 Å². The Kier molecular flexibility index (Phi) is 34.5. The van der Waals surface area contributed by atoms with E-state index in [2.05, 4.69) is 18.0 Å². The third kappa shape index (κ3) is 36.2. The van der Waals surface area contributed by atoms with Crippen LogP contribution < -0.4 is 0 Å². The molecule has 0 aromatic heterocycles. The minimum absolute atomic E-state index is 0.0552. The van der Waals surface area contributed by atoms with Crippen LogP contribution in [-0.2, 0) is 24.2 Å². The van der Waals surface area contributed by atoms with E-state index in [9.17, 15) is 27.8 Å². The molecule has 47 heavy (non-hydrogen) atoms. The van der Waals surface area contributed by atoms with Gasteiger partial charge in [-0.05, 0) is 19.8 Å². The quantitative estimate of drug-likeness (QED) is 0.0178. The third-order valence-corrected chi connectivity index (χ3v) is 9.70. The van der Waals surface area contributed by atoms with Crippen LogP contribution in [0.2, 0.25) is 0 Å². The normalized spacial score (nSPS) is 12.9. The zero-order chi connectivity index (χ0) is 35.7. The van der Waals surface area contributed by atoms with Crippen LogP contribution in [-0.4, -0.2) is 61.6 Å². The molecule has 0 radical (unpaired) electrons. The maximum Gasteiger partial charge on any atom is 0.217 e. The van der Waals surface area contributed by atoms with Gasteiger partial charge in [-0.2, -0.15) is 4.65 Å². The number of carbonyl (C=O) groups is 2. The molecule has 0 saturated carbocycles. The second-order valence-electron chi connectivity index (χ2n) is 13.9. The van der Waals surface area contributed by atoms with Crippen molar-refractivity contribution in [3.8, 4) is 0 Å². The van der Waals surface area contributed by atoms with Crippen LogP contribution in [0.4, 0.5) is 0 Å². The number of ketones is 2. The average Bonchev–Trinajstić information content (AvgIpc) is 3.04. The van der Waals surface area contributed by atoms with Crippen LogP contribution in [0.5, 0.6) is 0 Å². The van der Waals surface area contributed by atoms with Crippen molar-refractivity contribution in [3.63, 3.8) is 0 Å². The van der Waals surface area contributed by atoms with Crippen LogP contribution in [0, 0.1) is 5.92 Å². The van der Waals surface area contributed by atoms with E-state index in [0.717, 1.165) is 32.8 Å². The minimum Gasteiger partial charge on any atom is -0.726 e. The summed E-state index contributed by atoms with van der Waals surface area (Å²) in [7, 11) is -1.89. The van der Waals surface area contributed by atoms with Crippen LogP contribution in [0.15, 0.2) is 0 Å². The summed E-state index contributed by atoms with van der Waals surface area (Å²) in [5.74, 6) is -0.529. The van der Waals surface area contributed by atoms with E-state index in [1.807, 2.05) is 6.92 Å². The molecule has 0 bridgehead atoms. The highest BCUT2D eigenvalue weighted by Crippen LogP contribution is 2.19. The van der Waals surface area contributed by atoms with Gasteiger partial charge in [0.15, 0.2) is 0 Å². The van der Waals surface area contributed by atoms with Gasteiger partial charge < -0.3 is 4.55 Å². The number of hydroxylamine groups is 3. The second-order valence-corrected chi connectivity index (χ2v) is 15.0. The van der Waals surface area contributed by atoms with Gasteiger partial charge in [-0.15, -0.1) is 0 Å². The predicted octanol–water partition coefficient (Wildman–Crippen LogP) is 10.7. The zero-order valence-electron chi connectivity index (χ0n) is 31.5. The molecular formula is C38H77NO7S. The summed E-state index contributed by atoms with van der Waals surface area (Å²) in [6.45, 7) is 7.18. The van der Waals surface area contributed by atoms with Crippen molar-refractivity contribution in [2.75, 3.05) is 27.2 Å². The van der Waals surface area contributed by atoms with E-state index in [1.165, 1.54) is 141 Å². The topological polar surface area (TPSA) is 121 Å². The van der Waals surface area contributed by atoms with Crippen molar-refractivity contribution in [2.24, 2.45) is 5.92 Å². The Hall–Kier alpha value is -0.870. The summed E-state index contributed by atoms with van der Waals surface area (Å²) in [6.07, 6.45) is 34.3. The SMILES string of the molecule is CCCCCCCCCCCCCCCC(=O)C(C[N+](C)(O)CC)C(=O)CCCCCCCCCCCCCCC.COS(=O)(=O)[O-]. The van der Waals surface area contributed by atoms with Crippen LogP contribution >= 0.6 is 0 Å². The maximum absolute atomic E-state index is 13.1. The fraction of sp³-hybridized carbons (Fsp3) is 0.947. The van der Waals surface area contributed by atoms with E-state index in [0.29, 0.717) is 19.4 Å². The molecule has 0 aliphatic rings. The Labute approximate surface area is 291 Å². The molecule has 0 fully saturated rings. The van der Waals surface area contributed by atoms with Gasteiger partial charge in [-0.25, -0.2) is 13.6 Å². The first-order chi connectivity index (χ1) is 22.4. The summed E-state index contributed by atoms with van der Waals surface area (Å²) < 4.78 is 30.8. The van der Waals surface area contributed by atoms with Crippen LogP contribution in [0.25, 0.3) is 0 Å². The number of unbranched alkanes of at least 4 members (excludes halogenated alkanes) is 24. The van der Waals surface area contributed by atoms with E-state index in [4.69, 9.17) is 0 Å². The highest BCUT2D eigenvalue weighted by Gasteiger charge is 2.33. The van der Waals surface area contributed by atoms with Gasteiger partial charge in [-0.1, -0.05) is 168 Å². The van der Waals surface area contributed by atoms with Gasteiger partial charge >= 0.3 is 0 Å². The molecule has 0 rings (SSSR count). The number of carbonyl (C=O) groups excluding carboxylic acids is 2. The molecular weight excluding hydrogens is 614 g/mol. The van der Waals surface area contributed by atoms with Crippen molar-refractivity contribution in [3.05, 3.63) is 0 Å². The summed E-state index contributed by atoms with van der Waals surface area (Å²) in [6, 6.07) is 0. The van der Waals surface area contributed by atoms with E-state index >= 15 is 0 Å². The van der Waals surface area contributed by atoms with Gasteiger partial charge in [0.2, 0.25) is 10.4 Å². The van der Waals surface area contributed by atoms with Gasteiger partial charge in [-0.3, -0.25) is 13.8 Å². The molecule has 1 unspecified atom stereocenters. The predicted molar refractivity (Wildman–Crippen MR) is 194 cm³/mol. The minimum atomic E-state index is -4.41. The zero-order valence-corrected chi connectivity index (χ0v) is 32.4. The summed E-state index contributed by atoms with van der Waals surface area (Å²) >= 11 is 0. The monoisotopic (exact) mass is 692 g/mol. The number of quaternary nitrogens is 1. The van der Waals surface area contributed by atoms with Crippen molar-refractivity contribution in [2.45, 2.75) is 201 Å². The lowest BCUT2D eigenvalue weighted by atomic mass is 9.91. The van der Waals surface area contributed by atoms with Crippen molar-refractivity contribution in [1.82, 2.24) is 0 Å². The molecule has 0 heterocycles. The second kappa shape index (κ2) is 33.6. The highest BCUT2D eigenvalue weighted by molar-refractivity contribution is 7.80. The van der Waals surface area contributed by atoms with Crippen LogP contribution in [0.3, 0.4) is 0 Å². The Morgan fingerprint density at radius 3 is 1.02 bits per heavy atom. The average molecular weight is 692 g/mol. The number of rotatable bonds is 34. The standard InChI is InChI=1S/C37H74NO3.CH4O4S/c1-5-8-10-12-14-16-18-20-22-24-26-28-30-32-36(39)35(34-38(4,41)7-3)37(40)33-31-29-27-25-23-21-19-17-15-13-11-9-6-2;1-5-6(2,3)4/h35,41H,5-34H2,1-4H3;1H3,(H,2,3,4)/q+1;/p-1. The Bertz CT molecular complexity index is 775. The number of hydrogen-bond acceptors (Lipinski definition) is 7. The van der Waals surface area contributed by atoms with Crippen LogP contribution in [0.1, 0.15) is 201 Å².